The molecule has 0 amide bonds. The Bertz CT molecular complexity index is 619. The molecule has 1 aliphatic carbocycles. The number of nitrogens with zero attached hydrogens (tertiary/aromatic N) is 2. The average molecular weight is 268 g/mol. The second-order valence-electron chi connectivity index (χ2n) is 6.09. The van der Waals surface area contributed by atoms with Gasteiger partial charge in [0, 0.05) is 11.5 Å². The quantitative estimate of drug-likeness (QED) is 0.805. The first kappa shape index (κ1) is 12.2. The molecule has 0 unspecified atom stereocenters. The fourth-order valence-corrected chi connectivity index (χ4v) is 3.99. The summed E-state index contributed by atoms with van der Waals surface area (Å²) in [4.78, 5) is 4.32. The molecule has 2 aliphatic rings. The molecule has 2 aromatic rings. The average Bonchev–Trinajstić information content (AvgIpc) is 2.97. The Morgan fingerprint density at radius 1 is 1.10 bits per heavy atom. The van der Waals surface area contributed by atoms with Crippen LogP contribution in [0.5, 0.6) is 0 Å². The first-order valence-corrected chi connectivity index (χ1v) is 7.65. The van der Waals surface area contributed by atoms with E-state index in [1.807, 2.05) is 12.5 Å². The molecule has 1 saturated carbocycles. The molecule has 20 heavy (non-hydrogen) atoms. The zero-order valence-corrected chi connectivity index (χ0v) is 11.6. The van der Waals surface area contributed by atoms with Crippen molar-refractivity contribution in [3.05, 3.63) is 42.4 Å². The summed E-state index contributed by atoms with van der Waals surface area (Å²) >= 11 is 0. The fourth-order valence-electron chi connectivity index (χ4n) is 3.99. The highest BCUT2D eigenvalue weighted by molar-refractivity contribution is 5.69. The Morgan fingerprint density at radius 2 is 1.95 bits per heavy atom. The zero-order chi connectivity index (χ0) is 13.5. The van der Waals surface area contributed by atoms with Crippen molar-refractivity contribution in [2.75, 3.05) is 0 Å². The van der Waals surface area contributed by atoms with Crippen LogP contribution in [0.3, 0.4) is 0 Å². The Kier molecular flexibility index (Phi) is 2.88. The number of hydrogen-bond donors (Lipinski definition) is 1. The Morgan fingerprint density at radius 3 is 2.90 bits per heavy atom. The van der Waals surface area contributed by atoms with Crippen LogP contribution in [-0.2, 0) is 0 Å². The van der Waals surface area contributed by atoms with Gasteiger partial charge in [0.1, 0.15) is 0 Å². The van der Waals surface area contributed by atoms with Gasteiger partial charge >= 0.3 is 0 Å². The summed E-state index contributed by atoms with van der Waals surface area (Å²) < 4.78 is 2.27. The molecular weight excluding hydrogens is 248 g/mol. The van der Waals surface area contributed by atoms with Crippen LogP contribution in [0.15, 0.2) is 36.8 Å². The van der Waals surface area contributed by atoms with Crippen LogP contribution < -0.4 is 0 Å². The van der Waals surface area contributed by atoms with Crippen LogP contribution in [-0.4, -0.2) is 20.8 Å². The summed E-state index contributed by atoms with van der Waals surface area (Å²) in [5.74, 6) is 0.314. The van der Waals surface area contributed by atoms with E-state index >= 15 is 0 Å². The van der Waals surface area contributed by atoms with Crippen LogP contribution in [0.1, 0.15) is 43.7 Å². The Labute approximate surface area is 119 Å². The Balaban J connectivity index is 1.81. The maximum absolute atomic E-state index is 10.6. The van der Waals surface area contributed by atoms with E-state index in [0.717, 1.165) is 19.3 Å². The van der Waals surface area contributed by atoms with Gasteiger partial charge in [-0.1, -0.05) is 43.5 Å². The molecule has 0 bridgehead atoms. The molecule has 1 aliphatic heterocycles. The first-order valence-electron chi connectivity index (χ1n) is 7.65. The SMILES string of the molecule is O[C@H]1CCCCC[C@@H]1[C@H]1c2ccccc2-c2cncn21. The van der Waals surface area contributed by atoms with E-state index in [1.54, 1.807) is 0 Å². The lowest BCUT2D eigenvalue weighted by Crippen LogP contribution is -2.28. The third-order valence-corrected chi connectivity index (χ3v) is 4.96. The van der Waals surface area contributed by atoms with E-state index in [0.29, 0.717) is 5.92 Å². The van der Waals surface area contributed by atoms with Gasteiger partial charge in [0.05, 0.1) is 30.4 Å². The standard InChI is InChI=1S/C17H20N2O/c20-16-9-3-1-2-8-14(16)17-13-7-5-4-6-12(13)15-10-18-11-19(15)17/h4-7,10-11,14,16-17,20H,1-3,8-9H2/t14-,16-,17+/m0/s1. The number of benzene rings is 1. The summed E-state index contributed by atoms with van der Waals surface area (Å²) in [5, 5.41) is 10.6. The van der Waals surface area contributed by atoms with Crippen molar-refractivity contribution in [2.45, 2.75) is 44.2 Å². The highest BCUT2D eigenvalue weighted by Gasteiger charge is 2.37. The van der Waals surface area contributed by atoms with Crippen molar-refractivity contribution in [1.82, 2.24) is 9.55 Å². The summed E-state index contributed by atoms with van der Waals surface area (Å²) in [6, 6.07) is 8.84. The number of fused-ring (bicyclic) bond motifs is 3. The van der Waals surface area contributed by atoms with E-state index in [9.17, 15) is 5.11 Å². The molecule has 1 N–H and O–H groups in total. The minimum Gasteiger partial charge on any atom is -0.393 e. The van der Waals surface area contributed by atoms with Crippen molar-refractivity contribution in [3.8, 4) is 11.3 Å². The summed E-state index contributed by atoms with van der Waals surface area (Å²) in [7, 11) is 0. The minimum atomic E-state index is -0.191. The van der Waals surface area contributed by atoms with Gasteiger partial charge in [-0.2, -0.15) is 0 Å². The van der Waals surface area contributed by atoms with E-state index < -0.39 is 0 Å². The van der Waals surface area contributed by atoms with Gasteiger partial charge in [0.2, 0.25) is 0 Å². The lowest BCUT2D eigenvalue weighted by Gasteiger charge is -2.28. The van der Waals surface area contributed by atoms with Gasteiger partial charge in [0.15, 0.2) is 0 Å². The van der Waals surface area contributed by atoms with Gasteiger partial charge in [0.25, 0.3) is 0 Å². The molecular formula is C17H20N2O. The molecule has 3 atom stereocenters. The number of aliphatic hydroxyl groups excluding tert-OH is 1. The molecule has 4 rings (SSSR count). The lowest BCUT2D eigenvalue weighted by molar-refractivity contribution is 0.0802. The summed E-state index contributed by atoms with van der Waals surface area (Å²) in [5.41, 5.74) is 3.84. The normalized spacial score (nSPS) is 28.8. The van der Waals surface area contributed by atoms with Gasteiger partial charge in [-0.05, 0) is 18.4 Å². The van der Waals surface area contributed by atoms with Crippen LogP contribution in [0.25, 0.3) is 11.3 Å². The second kappa shape index (κ2) is 4.74. The highest BCUT2D eigenvalue weighted by Crippen LogP contribution is 2.46. The molecule has 3 heteroatoms. The maximum atomic E-state index is 10.6. The maximum Gasteiger partial charge on any atom is 0.0956 e. The number of aromatic nitrogens is 2. The van der Waals surface area contributed by atoms with Crippen molar-refractivity contribution in [2.24, 2.45) is 5.92 Å². The topological polar surface area (TPSA) is 38.1 Å². The fraction of sp³-hybridized carbons (Fsp3) is 0.471. The van der Waals surface area contributed by atoms with E-state index in [2.05, 4.69) is 33.8 Å². The largest absolute Gasteiger partial charge is 0.393 e. The Hall–Kier alpha value is -1.61. The van der Waals surface area contributed by atoms with Crippen molar-refractivity contribution in [3.63, 3.8) is 0 Å². The molecule has 104 valence electrons. The van der Waals surface area contributed by atoms with Crippen LogP contribution >= 0.6 is 0 Å². The van der Waals surface area contributed by atoms with Gasteiger partial charge in [-0.25, -0.2) is 4.98 Å². The second-order valence-corrected chi connectivity index (χ2v) is 6.09. The van der Waals surface area contributed by atoms with E-state index in [1.165, 1.54) is 29.7 Å². The highest BCUT2D eigenvalue weighted by atomic mass is 16.3. The van der Waals surface area contributed by atoms with Crippen LogP contribution in [0, 0.1) is 5.92 Å². The molecule has 2 heterocycles. The molecule has 1 aromatic carbocycles. The number of imidazole rings is 1. The monoisotopic (exact) mass is 268 g/mol. The lowest BCUT2D eigenvalue weighted by atomic mass is 9.85. The molecule has 0 saturated heterocycles. The molecule has 1 aromatic heterocycles. The number of rotatable bonds is 1. The molecule has 1 fully saturated rings. The third kappa shape index (κ3) is 1.73. The molecule has 0 spiro atoms. The summed E-state index contributed by atoms with van der Waals surface area (Å²) in [6.07, 6.45) is 9.36. The van der Waals surface area contributed by atoms with Gasteiger partial charge in [-0.3, -0.25) is 0 Å². The van der Waals surface area contributed by atoms with Crippen molar-refractivity contribution >= 4 is 0 Å². The van der Waals surface area contributed by atoms with Crippen molar-refractivity contribution < 1.29 is 5.11 Å². The minimum absolute atomic E-state index is 0.191. The van der Waals surface area contributed by atoms with Crippen LogP contribution in [0.2, 0.25) is 0 Å². The van der Waals surface area contributed by atoms with Crippen molar-refractivity contribution in [1.29, 1.82) is 0 Å². The van der Waals surface area contributed by atoms with Crippen LogP contribution in [0.4, 0.5) is 0 Å². The number of hydrogen-bond acceptors (Lipinski definition) is 2. The first-order chi connectivity index (χ1) is 9.86. The zero-order valence-electron chi connectivity index (χ0n) is 11.6. The number of aliphatic hydroxyl groups is 1. The van der Waals surface area contributed by atoms with Gasteiger partial charge < -0.3 is 9.67 Å². The van der Waals surface area contributed by atoms with E-state index in [-0.39, 0.29) is 12.1 Å². The van der Waals surface area contributed by atoms with E-state index in [4.69, 9.17) is 0 Å². The predicted molar refractivity (Wildman–Crippen MR) is 78.4 cm³/mol. The molecule has 3 nitrogen and oxygen atoms in total. The third-order valence-electron chi connectivity index (χ3n) is 4.96. The summed E-state index contributed by atoms with van der Waals surface area (Å²) in [6.45, 7) is 0. The van der Waals surface area contributed by atoms with Gasteiger partial charge in [-0.15, -0.1) is 0 Å². The predicted octanol–water partition coefficient (Wildman–Crippen LogP) is 3.39. The molecule has 0 radical (unpaired) electrons. The smallest absolute Gasteiger partial charge is 0.0956 e.